The molecule has 0 radical (unpaired) electrons. The average Bonchev–Trinajstić information content (AvgIpc) is 2.13. The van der Waals surface area contributed by atoms with E-state index in [1.165, 1.54) is 18.2 Å². The molecule has 0 saturated heterocycles. The molecular weight excluding hydrogens is 229 g/mol. The van der Waals surface area contributed by atoms with Gasteiger partial charge in [0.25, 0.3) is 0 Å². The van der Waals surface area contributed by atoms with Crippen LogP contribution >= 0.6 is 0 Å². The topological polar surface area (TPSA) is 37.3 Å². The third kappa shape index (κ3) is 3.64. The highest BCUT2D eigenvalue weighted by Gasteiger charge is 2.32. The molecule has 0 heterocycles. The molecule has 0 aliphatic rings. The van der Waals surface area contributed by atoms with Gasteiger partial charge in [0.1, 0.15) is 0 Å². The van der Waals surface area contributed by atoms with Gasteiger partial charge in [-0.3, -0.25) is 0 Å². The molecule has 2 nitrogen and oxygen atoms in total. The van der Waals surface area contributed by atoms with Gasteiger partial charge >= 0.3 is 6.18 Å². The summed E-state index contributed by atoms with van der Waals surface area (Å²) in [6.45, 7) is 0. The van der Waals surface area contributed by atoms with Crippen molar-refractivity contribution in [3.05, 3.63) is 35.4 Å². The van der Waals surface area contributed by atoms with E-state index in [4.69, 9.17) is 4.55 Å². The van der Waals surface area contributed by atoms with Crippen LogP contribution in [0.15, 0.2) is 24.3 Å². The molecule has 1 aromatic rings. The van der Waals surface area contributed by atoms with Crippen LogP contribution in [0.2, 0.25) is 0 Å². The smallest absolute Gasteiger partial charge is 0.306 e. The van der Waals surface area contributed by atoms with Crippen LogP contribution in [-0.4, -0.2) is 14.5 Å². The molecule has 1 N–H and O–H groups in total. The normalized spacial score (nSPS) is 13.9. The van der Waals surface area contributed by atoms with E-state index in [1.807, 2.05) is 0 Å². The monoisotopic (exact) mass is 238 g/mol. The van der Waals surface area contributed by atoms with Crippen LogP contribution in [0.5, 0.6) is 0 Å². The van der Waals surface area contributed by atoms with Crippen molar-refractivity contribution >= 4 is 11.1 Å². The molecule has 0 fully saturated rings. The molecular formula is C9H9F3O2S. The fourth-order valence-corrected chi connectivity index (χ4v) is 1.61. The van der Waals surface area contributed by atoms with Gasteiger partial charge in [-0.1, -0.05) is 18.2 Å². The minimum atomic E-state index is -4.41. The van der Waals surface area contributed by atoms with E-state index >= 15 is 0 Å². The van der Waals surface area contributed by atoms with E-state index in [0.717, 1.165) is 6.07 Å². The van der Waals surface area contributed by atoms with Crippen molar-refractivity contribution in [2.24, 2.45) is 0 Å². The molecule has 84 valence electrons. The van der Waals surface area contributed by atoms with Gasteiger partial charge in [-0.05, 0) is 18.1 Å². The highest BCUT2D eigenvalue weighted by atomic mass is 32.2. The number of hydrogen-bond acceptors (Lipinski definition) is 1. The third-order valence-corrected chi connectivity index (χ3v) is 2.42. The van der Waals surface area contributed by atoms with Gasteiger partial charge in [-0.2, -0.15) is 13.2 Å². The fraction of sp³-hybridized carbons (Fsp3) is 0.333. The summed E-state index contributed by atoms with van der Waals surface area (Å²) in [5, 5.41) is 0. The van der Waals surface area contributed by atoms with Crippen LogP contribution in [-0.2, 0) is 23.7 Å². The summed E-state index contributed by atoms with van der Waals surface area (Å²) in [5.41, 5.74) is -0.692. The van der Waals surface area contributed by atoms with E-state index in [1.54, 1.807) is 0 Å². The highest BCUT2D eigenvalue weighted by Crippen LogP contribution is 2.31. The zero-order valence-corrected chi connectivity index (χ0v) is 8.44. The van der Waals surface area contributed by atoms with Crippen LogP contribution in [0.1, 0.15) is 11.1 Å². The van der Waals surface area contributed by atoms with Crippen molar-refractivity contribution in [3.8, 4) is 0 Å². The van der Waals surface area contributed by atoms with E-state index in [2.05, 4.69) is 0 Å². The summed E-state index contributed by atoms with van der Waals surface area (Å²) < 4.78 is 56.2. The highest BCUT2D eigenvalue weighted by molar-refractivity contribution is 7.79. The second kappa shape index (κ2) is 4.76. The molecule has 1 atom stereocenters. The quantitative estimate of drug-likeness (QED) is 0.821. The Bertz CT molecular complexity index is 363. The van der Waals surface area contributed by atoms with E-state index in [-0.39, 0.29) is 17.7 Å². The van der Waals surface area contributed by atoms with Gasteiger partial charge < -0.3 is 4.55 Å². The lowest BCUT2D eigenvalue weighted by Gasteiger charge is -2.11. The maximum Gasteiger partial charge on any atom is 0.416 e. The number of alkyl halides is 3. The largest absolute Gasteiger partial charge is 0.416 e. The fourth-order valence-electron chi connectivity index (χ4n) is 1.21. The lowest BCUT2D eigenvalue weighted by molar-refractivity contribution is -0.138. The Morgan fingerprint density at radius 3 is 2.40 bits per heavy atom. The first kappa shape index (κ1) is 12.2. The lowest BCUT2D eigenvalue weighted by atomic mass is 10.1. The minimum absolute atomic E-state index is 0.0485. The maximum atomic E-state index is 12.4. The number of hydrogen-bond donors (Lipinski definition) is 1. The Morgan fingerprint density at radius 2 is 1.87 bits per heavy atom. The number of aryl methyl sites for hydroxylation is 1. The van der Waals surface area contributed by atoms with Crippen LogP contribution in [0.3, 0.4) is 0 Å². The standard InChI is InChI=1S/C9H9F3O2S/c10-9(11,12)8-4-2-1-3-7(8)5-6-15(13)14/h1-4H,5-6H2,(H,13,14). The van der Waals surface area contributed by atoms with Gasteiger partial charge in [-0.25, -0.2) is 4.21 Å². The number of halogens is 3. The van der Waals surface area contributed by atoms with E-state index < -0.39 is 22.8 Å². The van der Waals surface area contributed by atoms with Gasteiger partial charge in [0.2, 0.25) is 0 Å². The Labute approximate surface area is 87.4 Å². The summed E-state index contributed by atoms with van der Waals surface area (Å²) in [5.74, 6) is -0.187. The molecule has 0 bridgehead atoms. The summed E-state index contributed by atoms with van der Waals surface area (Å²) >= 11 is -2.07. The minimum Gasteiger partial charge on any atom is -0.306 e. The van der Waals surface area contributed by atoms with Crippen LogP contribution in [0.4, 0.5) is 13.2 Å². The van der Waals surface area contributed by atoms with Crippen molar-refractivity contribution in [3.63, 3.8) is 0 Å². The second-order valence-electron chi connectivity index (χ2n) is 2.93. The zero-order valence-electron chi connectivity index (χ0n) is 7.62. The maximum absolute atomic E-state index is 12.4. The van der Waals surface area contributed by atoms with Crippen LogP contribution in [0.25, 0.3) is 0 Å². The zero-order chi connectivity index (χ0) is 11.5. The van der Waals surface area contributed by atoms with Gasteiger partial charge in [0.15, 0.2) is 11.1 Å². The first-order valence-electron chi connectivity index (χ1n) is 4.14. The predicted molar refractivity (Wildman–Crippen MR) is 50.8 cm³/mol. The molecule has 0 saturated carbocycles. The summed E-state index contributed by atoms with van der Waals surface area (Å²) in [6.07, 6.45) is -4.47. The molecule has 0 aliphatic heterocycles. The van der Waals surface area contributed by atoms with E-state index in [0.29, 0.717) is 0 Å². The van der Waals surface area contributed by atoms with Gasteiger partial charge in [-0.15, -0.1) is 0 Å². The summed E-state index contributed by atoms with van der Waals surface area (Å²) in [6, 6.07) is 5.05. The molecule has 0 spiro atoms. The Kier molecular flexibility index (Phi) is 3.87. The van der Waals surface area contributed by atoms with Crippen LogP contribution < -0.4 is 0 Å². The van der Waals surface area contributed by atoms with E-state index in [9.17, 15) is 17.4 Å². The molecule has 0 aromatic heterocycles. The van der Waals surface area contributed by atoms with Crippen molar-refractivity contribution in [2.75, 3.05) is 5.75 Å². The number of rotatable bonds is 3. The van der Waals surface area contributed by atoms with Gasteiger partial charge in [0, 0.05) is 0 Å². The van der Waals surface area contributed by atoms with Crippen molar-refractivity contribution in [2.45, 2.75) is 12.6 Å². The molecule has 0 aliphatic carbocycles. The van der Waals surface area contributed by atoms with Crippen LogP contribution in [0, 0.1) is 0 Å². The second-order valence-corrected chi connectivity index (χ2v) is 3.98. The Balaban J connectivity index is 2.92. The van der Waals surface area contributed by atoms with Crippen molar-refractivity contribution < 1.29 is 21.9 Å². The Morgan fingerprint density at radius 1 is 1.27 bits per heavy atom. The molecule has 1 aromatic carbocycles. The molecule has 6 heteroatoms. The lowest BCUT2D eigenvalue weighted by Crippen LogP contribution is -2.11. The van der Waals surface area contributed by atoms with Gasteiger partial charge in [0.05, 0.1) is 11.3 Å². The molecule has 1 rings (SSSR count). The SMILES string of the molecule is O=S(O)CCc1ccccc1C(F)(F)F. The summed E-state index contributed by atoms with van der Waals surface area (Å²) in [7, 11) is 0. The first-order chi connectivity index (χ1) is 6.91. The third-order valence-electron chi connectivity index (χ3n) is 1.87. The molecule has 1 unspecified atom stereocenters. The molecule has 0 amide bonds. The van der Waals surface area contributed by atoms with Crippen molar-refractivity contribution in [1.82, 2.24) is 0 Å². The summed E-state index contributed by atoms with van der Waals surface area (Å²) in [4.78, 5) is 0. The predicted octanol–water partition coefficient (Wildman–Crippen LogP) is 2.47. The molecule has 15 heavy (non-hydrogen) atoms. The number of benzene rings is 1. The Hall–Kier alpha value is -0.880. The first-order valence-corrected chi connectivity index (χ1v) is 5.41. The van der Waals surface area contributed by atoms with Crippen molar-refractivity contribution in [1.29, 1.82) is 0 Å². The average molecular weight is 238 g/mol.